The van der Waals surface area contributed by atoms with Gasteiger partial charge in [0.1, 0.15) is 0 Å². The first-order valence-corrected chi connectivity index (χ1v) is 8.18. The molecule has 2 aliphatic carbocycles. The van der Waals surface area contributed by atoms with Gasteiger partial charge in [0.25, 0.3) is 0 Å². The minimum Gasteiger partial charge on any atom is -0.372 e. The molecule has 0 spiro atoms. The van der Waals surface area contributed by atoms with Gasteiger partial charge in [-0.3, -0.25) is 0 Å². The molecule has 2 atom stereocenters. The summed E-state index contributed by atoms with van der Waals surface area (Å²) in [5.41, 5.74) is 4.27. The SMILES string of the molecule is C=C1C(/C(C)=C/C(C)(C)C)C1N(C)/C=C\NC1=CC=CCC1. The van der Waals surface area contributed by atoms with Crippen LogP contribution in [-0.2, 0) is 0 Å². The van der Waals surface area contributed by atoms with Gasteiger partial charge in [-0.25, -0.2) is 0 Å². The summed E-state index contributed by atoms with van der Waals surface area (Å²) < 4.78 is 0. The predicted molar refractivity (Wildman–Crippen MR) is 96.1 cm³/mol. The van der Waals surface area contributed by atoms with Crippen LogP contribution >= 0.6 is 0 Å². The molecule has 120 valence electrons. The van der Waals surface area contributed by atoms with E-state index in [1.54, 1.807) is 0 Å². The highest BCUT2D eigenvalue weighted by atomic mass is 15.2. The summed E-state index contributed by atoms with van der Waals surface area (Å²) in [6, 6.07) is 0.442. The number of rotatable bonds is 5. The van der Waals surface area contributed by atoms with Gasteiger partial charge in [0.2, 0.25) is 0 Å². The molecule has 0 bridgehead atoms. The fourth-order valence-electron chi connectivity index (χ4n) is 3.19. The molecule has 1 fully saturated rings. The Bertz CT molecular complexity index is 541. The van der Waals surface area contributed by atoms with Gasteiger partial charge in [-0.1, -0.05) is 51.2 Å². The van der Waals surface area contributed by atoms with E-state index < -0.39 is 0 Å². The van der Waals surface area contributed by atoms with Crippen molar-refractivity contribution in [3.8, 4) is 0 Å². The van der Waals surface area contributed by atoms with E-state index in [-0.39, 0.29) is 5.41 Å². The Morgan fingerprint density at radius 2 is 2.14 bits per heavy atom. The first kappa shape index (κ1) is 16.7. The average Bonchev–Trinajstić information content (AvgIpc) is 3.10. The molecule has 0 aromatic carbocycles. The molecular weight excluding hydrogens is 268 g/mol. The molecule has 2 nitrogen and oxygen atoms in total. The van der Waals surface area contributed by atoms with Gasteiger partial charge in [0.15, 0.2) is 0 Å². The molecule has 0 heterocycles. The molecule has 0 radical (unpaired) electrons. The molecule has 0 saturated heterocycles. The number of hydrogen-bond acceptors (Lipinski definition) is 2. The van der Waals surface area contributed by atoms with Gasteiger partial charge >= 0.3 is 0 Å². The molecule has 1 N–H and O–H groups in total. The molecule has 1 saturated carbocycles. The summed E-state index contributed by atoms with van der Waals surface area (Å²) in [6.45, 7) is 13.2. The first-order chi connectivity index (χ1) is 10.3. The van der Waals surface area contributed by atoms with E-state index in [4.69, 9.17) is 0 Å². The lowest BCUT2D eigenvalue weighted by atomic mass is 9.92. The second kappa shape index (κ2) is 6.60. The standard InChI is InChI=1S/C20H30N2/c1-15(14-20(3,4)5)18-16(2)19(18)22(6)13-12-21-17-10-8-7-9-11-17/h7-8,10,12-14,18-19,21H,2,9,11H2,1,3-6H3/b13-12-,15-14+. The van der Waals surface area contributed by atoms with Gasteiger partial charge < -0.3 is 10.2 Å². The molecule has 2 heteroatoms. The molecule has 2 aliphatic rings. The van der Waals surface area contributed by atoms with Crippen molar-refractivity contribution in [1.82, 2.24) is 10.2 Å². The third-order valence-corrected chi connectivity index (χ3v) is 4.17. The predicted octanol–water partition coefficient (Wildman–Crippen LogP) is 4.76. The third-order valence-electron chi connectivity index (χ3n) is 4.17. The molecule has 0 amide bonds. The summed E-state index contributed by atoms with van der Waals surface area (Å²) in [5.74, 6) is 0.505. The van der Waals surface area contributed by atoms with Crippen LogP contribution in [-0.4, -0.2) is 18.0 Å². The summed E-state index contributed by atoms with van der Waals surface area (Å²) in [4.78, 5) is 2.26. The van der Waals surface area contributed by atoms with Crippen molar-refractivity contribution in [1.29, 1.82) is 0 Å². The zero-order valence-electron chi connectivity index (χ0n) is 14.7. The van der Waals surface area contributed by atoms with E-state index in [1.165, 1.54) is 16.8 Å². The smallest absolute Gasteiger partial charge is 0.0601 e. The van der Waals surface area contributed by atoms with Gasteiger partial charge in [-0.15, -0.1) is 0 Å². The molecule has 0 aromatic rings. The Balaban J connectivity index is 1.90. The monoisotopic (exact) mass is 298 g/mol. The summed E-state index contributed by atoms with van der Waals surface area (Å²) in [7, 11) is 2.13. The van der Waals surface area contributed by atoms with E-state index in [1.807, 2.05) is 6.20 Å². The van der Waals surface area contributed by atoms with Crippen LogP contribution in [0.5, 0.6) is 0 Å². The van der Waals surface area contributed by atoms with Gasteiger partial charge in [-0.05, 0) is 36.8 Å². The highest BCUT2D eigenvalue weighted by Gasteiger charge is 2.45. The minimum atomic E-state index is 0.231. The summed E-state index contributed by atoms with van der Waals surface area (Å²) >= 11 is 0. The van der Waals surface area contributed by atoms with E-state index in [2.05, 4.69) is 82.0 Å². The van der Waals surface area contributed by atoms with E-state index >= 15 is 0 Å². The molecular formula is C20H30N2. The molecule has 22 heavy (non-hydrogen) atoms. The second-order valence-corrected chi connectivity index (χ2v) is 7.54. The van der Waals surface area contributed by atoms with Crippen LogP contribution in [0.3, 0.4) is 0 Å². The Hall–Kier alpha value is -1.70. The Morgan fingerprint density at radius 3 is 2.73 bits per heavy atom. The quantitative estimate of drug-likeness (QED) is 0.736. The Kier molecular flexibility index (Phi) is 5.00. The highest BCUT2D eigenvalue weighted by Crippen LogP contribution is 2.46. The number of hydrogen-bond donors (Lipinski definition) is 1. The van der Waals surface area contributed by atoms with Crippen LogP contribution in [0.15, 0.2) is 60.1 Å². The second-order valence-electron chi connectivity index (χ2n) is 7.54. The lowest BCUT2D eigenvalue weighted by Gasteiger charge is -2.17. The topological polar surface area (TPSA) is 15.3 Å². The van der Waals surface area contributed by atoms with E-state index in [0.717, 1.165) is 12.8 Å². The Morgan fingerprint density at radius 1 is 1.41 bits per heavy atom. The van der Waals surface area contributed by atoms with Crippen LogP contribution in [0, 0.1) is 11.3 Å². The summed E-state index contributed by atoms with van der Waals surface area (Å²) in [5, 5.41) is 3.38. The first-order valence-electron chi connectivity index (χ1n) is 8.18. The fourth-order valence-corrected chi connectivity index (χ4v) is 3.19. The number of nitrogens with one attached hydrogen (secondary N) is 1. The fraction of sp³-hybridized carbons (Fsp3) is 0.500. The van der Waals surface area contributed by atoms with Gasteiger partial charge in [0.05, 0.1) is 6.04 Å². The van der Waals surface area contributed by atoms with Crippen LogP contribution in [0.1, 0.15) is 40.5 Å². The van der Waals surface area contributed by atoms with E-state index in [0.29, 0.717) is 12.0 Å². The Labute approximate surface area is 136 Å². The van der Waals surface area contributed by atoms with E-state index in [9.17, 15) is 0 Å². The van der Waals surface area contributed by atoms with Crippen molar-refractivity contribution in [2.75, 3.05) is 7.05 Å². The van der Waals surface area contributed by atoms with Crippen LogP contribution in [0.25, 0.3) is 0 Å². The maximum absolute atomic E-state index is 4.24. The normalized spacial score (nSPS) is 25.4. The van der Waals surface area contributed by atoms with Gasteiger partial charge in [-0.2, -0.15) is 0 Å². The zero-order valence-corrected chi connectivity index (χ0v) is 14.7. The molecule has 0 aromatic heterocycles. The lowest BCUT2D eigenvalue weighted by molar-refractivity contribution is 0.433. The van der Waals surface area contributed by atoms with Crippen molar-refractivity contribution in [2.24, 2.45) is 11.3 Å². The number of nitrogens with zero attached hydrogens (tertiary/aromatic N) is 1. The van der Waals surface area contributed by atoms with Crippen LogP contribution in [0.2, 0.25) is 0 Å². The molecule has 2 rings (SSSR count). The zero-order chi connectivity index (χ0) is 16.3. The molecule has 2 unspecified atom stereocenters. The lowest BCUT2D eigenvalue weighted by Crippen LogP contribution is -2.18. The minimum absolute atomic E-state index is 0.231. The van der Waals surface area contributed by atoms with Crippen molar-refractivity contribution in [2.45, 2.75) is 46.6 Å². The molecule has 0 aliphatic heterocycles. The average molecular weight is 298 g/mol. The van der Waals surface area contributed by atoms with Crippen molar-refractivity contribution >= 4 is 0 Å². The van der Waals surface area contributed by atoms with Crippen molar-refractivity contribution in [3.63, 3.8) is 0 Å². The van der Waals surface area contributed by atoms with Gasteiger partial charge in [0, 0.05) is 31.1 Å². The van der Waals surface area contributed by atoms with Crippen LogP contribution in [0.4, 0.5) is 0 Å². The number of likely N-dealkylation sites (N-methyl/N-ethyl adjacent to an activating group) is 1. The largest absolute Gasteiger partial charge is 0.372 e. The van der Waals surface area contributed by atoms with Crippen molar-refractivity contribution < 1.29 is 0 Å². The summed E-state index contributed by atoms with van der Waals surface area (Å²) in [6.07, 6.45) is 15.2. The number of allylic oxidation sites excluding steroid dienone is 5. The van der Waals surface area contributed by atoms with Crippen molar-refractivity contribution in [3.05, 3.63) is 60.1 Å². The maximum atomic E-state index is 4.24. The third kappa shape index (κ3) is 4.40. The van der Waals surface area contributed by atoms with Crippen LogP contribution < -0.4 is 5.32 Å². The highest BCUT2D eigenvalue weighted by molar-refractivity contribution is 5.42. The maximum Gasteiger partial charge on any atom is 0.0601 e.